The Labute approximate surface area is 147 Å². The van der Waals surface area contributed by atoms with Crippen molar-refractivity contribution < 1.29 is 12.8 Å². The maximum Gasteiger partial charge on any atom is 0.162 e. The first-order chi connectivity index (χ1) is 10.9. The van der Waals surface area contributed by atoms with Crippen LogP contribution in [0.15, 0.2) is 46.4 Å². The lowest BCUT2D eigenvalue weighted by molar-refractivity contribution is 0.581. The van der Waals surface area contributed by atoms with Crippen molar-refractivity contribution in [2.45, 2.75) is 11.5 Å². The van der Waals surface area contributed by atoms with Gasteiger partial charge in [-0.05, 0) is 29.8 Å². The Balaban J connectivity index is 1.74. The third-order valence-corrected chi connectivity index (χ3v) is 6.18. The maximum absolute atomic E-state index is 12.3. The highest BCUT2D eigenvalue weighted by molar-refractivity contribution is 7.89. The van der Waals surface area contributed by atoms with E-state index in [1.165, 1.54) is 11.3 Å². The normalized spacial score (nSPS) is 11.7. The van der Waals surface area contributed by atoms with Crippen molar-refractivity contribution in [3.63, 3.8) is 0 Å². The molecule has 0 aliphatic heterocycles. The predicted octanol–water partition coefficient (Wildman–Crippen LogP) is 4.82. The average Bonchev–Trinajstić information content (AvgIpc) is 3.12. The molecular formula is C15H11Cl2NO3S2. The van der Waals surface area contributed by atoms with Gasteiger partial charge < -0.3 is 4.42 Å². The minimum atomic E-state index is -3.36. The average molecular weight is 388 g/mol. The number of hydrogen-bond acceptors (Lipinski definition) is 5. The van der Waals surface area contributed by atoms with Crippen molar-refractivity contribution >= 4 is 44.4 Å². The molecule has 0 spiro atoms. The topological polar surface area (TPSA) is 60.2 Å². The van der Waals surface area contributed by atoms with E-state index in [-0.39, 0.29) is 11.5 Å². The highest BCUT2D eigenvalue weighted by Gasteiger charge is 2.17. The summed E-state index contributed by atoms with van der Waals surface area (Å²) < 4.78 is 29.9. The Morgan fingerprint density at radius 1 is 1.13 bits per heavy atom. The van der Waals surface area contributed by atoms with E-state index in [9.17, 15) is 8.42 Å². The molecule has 2 heterocycles. The van der Waals surface area contributed by atoms with Gasteiger partial charge in [0.2, 0.25) is 0 Å². The summed E-state index contributed by atoms with van der Waals surface area (Å²) in [5.74, 6) is 0.380. The standard InChI is InChI=1S/C15H11Cl2NO3S2/c16-12-4-3-10(6-13(12)17)8-23(19,20)9-11-7-22-15(18-11)14-2-1-5-21-14/h1-7H,8-9H2. The molecule has 0 aliphatic carbocycles. The van der Waals surface area contributed by atoms with Crippen LogP contribution in [0.1, 0.15) is 11.3 Å². The summed E-state index contributed by atoms with van der Waals surface area (Å²) >= 11 is 13.1. The van der Waals surface area contributed by atoms with E-state index in [0.717, 1.165) is 0 Å². The van der Waals surface area contributed by atoms with Crippen LogP contribution < -0.4 is 0 Å². The van der Waals surface area contributed by atoms with Crippen LogP contribution in [0.25, 0.3) is 10.8 Å². The first kappa shape index (κ1) is 16.5. The van der Waals surface area contributed by atoms with Crippen molar-refractivity contribution in [2.75, 3.05) is 0 Å². The Hall–Kier alpha value is -1.34. The van der Waals surface area contributed by atoms with Crippen LogP contribution in [0.3, 0.4) is 0 Å². The van der Waals surface area contributed by atoms with Gasteiger partial charge in [-0.25, -0.2) is 13.4 Å². The summed E-state index contributed by atoms with van der Waals surface area (Å²) in [5.41, 5.74) is 1.10. The van der Waals surface area contributed by atoms with Crippen LogP contribution in [-0.2, 0) is 21.3 Å². The van der Waals surface area contributed by atoms with Gasteiger partial charge in [0.1, 0.15) is 0 Å². The second kappa shape index (κ2) is 6.65. The fourth-order valence-electron chi connectivity index (χ4n) is 2.05. The molecule has 0 radical (unpaired) electrons. The van der Waals surface area contributed by atoms with Crippen molar-refractivity contribution in [3.05, 3.63) is 63.3 Å². The number of benzene rings is 1. The van der Waals surface area contributed by atoms with Gasteiger partial charge in [0, 0.05) is 5.38 Å². The van der Waals surface area contributed by atoms with Crippen LogP contribution in [0, 0.1) is 0 Å². The zero-order chi connectivity index (χ0) is 16.4. The van der Waals surface area contributed by atoms with Crippen LogP contribution in [-0.4, -0.2) is 13.4 Å². The minimum Gasteiger partial charge on any atom is -0.462 e. The predicted molar refractivity (Wildman–Crippen MR) is 92.6 cm³/mol. The van der Waals surface area contributed by atoms with Gasteiger partial charge in [-0.2, -0.15) is 0 Å². The first-order valence-corrected chi connectivity index (χ1v) is 10.0. The Morgan fingerprint density at radius 3 is 2.65 bits per heavy atom. The Morgan fingerprint density at radius 2 is 1.96 bits per heavy atom. The first-order valence-electron chi connectivity index (χ1n) is 6.55. The van der Waals surface area contributed by atoms with E-state index in [1.807, 2.05) is 0 Å². The van der Waals surface area contributed by atoms with Gasteiger partial charge in [-0.1, -0.05) is 29.3 Å². The number of rotatable bonds is 5. The highest BCUT2D eigenvalue weighted by Crippen LogP contribution is 2.26. The summed E-state index contributed by atoms with van der Waals surface area (Å²) in [6.07, 6.45) is 1.55. The fraction of sp³-hybridized carbons (Fsp3) is 0.133. The van der Waals surface area contributed by atoms with Gasteiger partial charge in [0.15, 0.2) is 20.6 Å². The molecule has 120 valence electrons. The number of furan rings is 1. The molecule has 0 amide bonds. The molecule has 0 fully saturated rings. The second-order valence-electron chi connectivity index (χ2n) is 4.90. The molecular weight excluding hydrogens is 377 g/mol. The molecule has 1 aromatic carbocycles. The van der Waals surface area contributed by atoms with Crippen molar-refractivity contribution in [1.82, 2.24) is 4.98 Å². The monoisotopic (exact) mass is 387 g/mol. The zero-order valence-electron chi connectivity index (χ0n) is 11.7. The molecule has 4 nitrogen and oxygen atoms in total. The third kappa shape index (κ3) is 4.14. The summed E-state index contributed by atoms with van der Waals surface area (Å²) in [4.78, 5) is 4.31. The molecule has 0 saturated heterocycles. The summed E-state index contributed by atoms with van der Waals surface area (Å²) in [5, 5.41) is 3.13. The zero-order valence-corrected chi connectivity index (χ0v) is 14.8. The largest absolute Gasteiger partial charge is 0.462 e. The van der Waals surface area contributed by atoms with Crippen molar-refractivity contribution in [3.8, 4) is 10.8 Å². The quantitative estimate of drug-likeness (QED) is 0.629. The molecule has 3 aromatic rings. The SMILES string of the molecule is O=S(=O)(Cc1ccc(Cl)c(Cl)c1)Cc1csc(-c2ccco2)n1. The van der Waals surface area contributed by atoms with Crippen LogP contribution in [0.4, 0.5) is 0 Å². The van der Waals surface area contributed by atoms with Gasteiger partial charge in [-0.15, -0.1) is 11.3 Å². The number of sulfone groups is 1. The lowest BCUT2D eigenvalue weighted by Gasteiger charge is -2.04. The number of thiazole rings is 1. The van der Waals surface area contributed by atoms with Gasteiger partial charge in [0.05, 0.1) is 33.5 Å². The summed E-state index contributed by atoms with van der Waals surface area (Å²) in [6, 6.07) is 8.36. The van der Waals surface area contributed by atoms with Gasteiger partial charge in [-0.3, -0.25) is 0 Å². The molecule has 0 aliphatic rings. The van der Waals surface area contributed by atoms with Crippen molar-refractivity contribution in [1.29, 1.82) is 0 Å². The minimum absolute atomic E-state index is 0.114. The second-order valence-corrected chi connectivity index (χ2v) is 8.64. The molecule has 23 heavy (non-hydrogen) atoms. The Kier molecular flexibility index (Phi) is 4.77. The highest BCUT2D eigenvalue weighted by atomic mass is 35.5. The smallest absolute Gasteiger partial charge is 0.162 e. The lowest BCUT2D eigenvalue weighted by atomic mass is 10.2. The number of hydrogen-bond donors (Lipinski definition) is 0. The molecule has 3 rings (SSSR count). The molecule has 0 atom stereocenters. The summed E-state index contributed by atoms with van der Waals surface area (Å²) in [7, 11) is -3.36. The van der Waals surface area contributed by atoms with Gasteiger partial charge in [0.25, 0.3) is 0 Å². The third-order valence-electron chi connectivity index (χ3n) is 3.02. The molecule has 0 bridgehead atoms. The van der Waals surface area contributed by atoms with Gasteiger partial charge >= 0.3 is 0 Å². The maximum atomic E-state index is 12.3. The van der Waals surface area contributed by atoms with E-state index in [4.69, 9.17) is 27.6 Å². The van der Waals surface area contributed by atoms with Crippen LogP contribution >= 0.6 is 34.5 Å². The number of halogens is 2. The number of nitrogens with zero attached hydrogens (tertiary/aromatic N) is 1. The molecule has 0 saturated carbocycles. The van der Waals surface area contributed by atoms with E-state index in [0.29, 0.717) is 32.1 Å². The number of aromatic nitrogens is 1. The fourth-order valence-corrected chi connectivity index (χ4v) is 4.65. The van der Waals surface area contributed by atoms with Crippen LogP contribution in [0.5, 0.6) is 0 Å². The van der Waals surface area contributed by atoms with E-state index >= 15 is 0 Å². The van der Waals surface area contributed by atoms with Crippen molar-refractivity contribution in [2.24, 2.45) is 0 Å². The molecule has 2 aromatic heterocycles. The van der Waals surface area contributed by atoms with E-state index in [2.05, 4.69) is 4.98 Å². The molecule has 0 N–H and O–H groups in total. The summed E-state index contributed by atoms with van der Waals surface area (Å²) in [6.45, 7) is 0. The lowest BCUT2D eigenvalue weighted by Crippen LogP contribution is -2.08. The Bertz CT molecular complexity index is 918. The molecule has 8 heteroatoms. The van der Waals surface area contributed by atoms with Crippen LogP contribution in [0.2, 0.25) is 10.0 Å². The van der Waals surface area contributed by atoms with E-state index in [1.54, 1.807) is 42.0 Å². The molecule has 0 unspecified atom stereocenters. The van der Waals surface area contributed by atoms with E-state index < -0.39 is 9.84 Å².